The molecule has 3 heteroatoms. The summed E-state index contributed by atoms with van der Waals surface area (Å²) < 4.78 is 4.77. The molecule has 3 heterocycles. The van der Waals surface area contributed by atoms with Crippen molar-refractivity contribution < 1.29 is 0 Å². The number of allylic oxidation sites excluding steroid dienone is 1. The Kier molecular flexibility index (Phi) is 8.33. The fourth-order valence-corrected chi connectivity index (χ4v) is 10.4. The molecule has 9 rings (SSSR count). The fraction of sp³-hybridized carbons (Fsp3) is 0.354. The van der Waals surface area contributed by atoms with Crippen LogP contribution >= 0.6 is 0 Å². The van der Waals surface area contributed by atoms with Gasteiger partial charge < -0.3 is 4.57 Å². The third kappa shape index (κ3) is 5.52. The van der Waals surface area contributed by atoms with Crippen LogP contribution in [0.4, 0.5) is 0 Å². The summed E-state index contributed by atoms with van der Waals surface area (Å²) in [4.78, 5) is 5.20. The van der Waals surface area contributed by atoms with Gasteiger partial charge in [-0.15, -0.1) is 6.58 Å². The molecule has 3 nitrogen and oxygen atoms in total. The molecule has 7 aromatic rings. The molecule has 2 saturated carbocycles. The Hall–Kier alpha value is -4.63. The van der Waals surface area contributed by atoms with Crippen LogP contribution in [0.3, 0.4) is 0 Å². The zero-order valence-electron chi connectivity index (χ0n) is 30.5. The van der Waals surface area contributed by atoms with Crippen molar-refractivity contribution in [3.05, 3.63) is 127 Å². The molecule has 4 atom stereocenters. The summed E-state index contributed by atoms with van der Waals surface area (Å²) in [6.45, 7) is 8.68. The summed E-state index contributed by atoms with van der Waals surface area (Å²) in [5, 5.41) is 5.28. The number of nitrogens with zero attached hydrogens (tertiary/aromatic N) is 3. The van der Waals surface area contributed by atoms with Crippen molar-refractivity contribution >= 4 is 43.6 Å². The van der Waals surface area contributed by atoms with E-state index in [1.165, 1.54) is 107 Å². The lowest BCUT2D eigenvalue weighted by atomic mass is 9.56. The fourth-order valence-electron chi connectivity index (χ4n) is 10.4. The Morgan fingerprint density at radius 1 is 0.804 bits per heavy atom. The quantitative estimate of drug-likeness (QED) is 0.133. The highest BCUT2D eigenvalue weighted by Crippen LogP contribution is 2.53. The molecule has 0 aliphatic heterocycles. The number of hydrogen-bond donors (Lipinski definition) is 0. The molecule has 2 aliphatic carbocycles. The number of pyridine rings is 1. The molecule has 51 heavy (non-hydrogen) atoms. The van der Waals surface area contributed by atoms with Crippen LogP contribution in [0.1, 0.15) is 89.2 Å². The first-order valence-electron chi connectivity index (χ1n) is 19.7. The lowest BCUT2D eigenvalue weighted by Gasteiger charge is -2.49. The van der Waals surface area contributed by atoms with E-state index in [1.54, 1.807) is 5.56 Å². The molecule has 2 fully saturated rings. The van der Waals surface area contributed by atoms with Crippen LogP contribution in [0.5, 0.6) is 0 Å². The van der Waals surface area contributed by atoms with Crippen LogP contribution in [0.25, 0.3) is 55.1 Å². The molecular formula is C48H51N3. The van der Waals surface area contributed by atoms with E-state index in [0.717, 1.165) is 36.2 Å². The highest BCUT2D eigenvalue weighted by molar-refractivity contribution is 6.10. The van der Waals surface area contributed by atoms with Crippen molar-refractivity contribution in [3.8, 4) is 11.5 Å². The van der Waals surface area contributed by atoms with E-state index in [4.69, 9.17) is 4.98 Å². The lowest BCUT2D eigenvalue weighted by molar-refractivity contribution is 0.101. The summed E-state index contributed by atoms with van der Waals surface area (Å²) in [6.07, 6.45) is 18.3. The smallest absolute Gasteiger partial charge is 0.137 e. The van der Waals surface area contributed by atoms with Gasteiger partial charge in [0.1, 0.15) is 5.82 Å². The van der Waals surface area contributed by atoms with Crippen molar-refractivity contribution in [1.82, 2.24) is 14.1 Å². The van der Waals surface area contributed by atoms with Crippen molar-refractivity contribution in [2.24, 2.45) is 17.8 Å². The Morgan fingerprint density at radius 2 is 1.53 bits per heavy atom. The van der Waals surface area contributed by atoms with Gasteiger partial charge in [-0.1, -0.05) is 94.1 Å². The summed E-state index contributed by atoms with van der Waals surface area (Å²) in [6, 6.07) is 36.7. The minimum Gasteiger partial charge on any atom is -0.308 e. The number of aryl methyl sites for hydroxylation is 1. The monoisotopic (exact) mass is 669 g/mol. The molecule has 0 radical (unpaired) electrons. The molecule has 2 bridgehead atoms. The second-order valence-corrected chi connectivity index (χ2v) is 16.0. The summed E-state index contributed by atoms with van der Waals surface area (Å²) >= 11 is 0. The molecule has 0 spiro atoms. The predicted molar refractivity (Wildman–Crippen MR) is 216 cm³/mol. The van der Waals surface area contributed by atoms with Crippen LogP contribution in [0.15, 0.2) is 116 Å². The summed E-state index contributed by atoms with van der Waals surface area (Å²) in [5.41, 5.74) is 9.33. The summed E-state index contributed by atoms with van der Waals surface area (Å²) in [7, 11) is 0. The first kappa shape index (κ1) is 32.3. The summed E-state index contributed by atoms with van der Waals surface area (Å²) in [5.74, 6) is 3.42. The van der Waals surface area contributed by atoms with Crippen LogP contribution in [0.2, 0.25) is 0 Å². The topological polar surface area (TPSA) is 22.8 Å². The van der Waals surface area contributed by atoms with Crippen LogP contribution < -0.4 is 0 Å². The normalized spacial score (nSPS) is 21.1. The third-order valence-electron chi connectivity index (χ3n) is 13.0. The maximum Gasteiger partial charge on any atom is 0.137 e. The number of benzene rings is 4. The van der Waals surface area contributed by atoms with Crippen molar-refractivity contribution in [2.45, 2.75) is 89.9 Å². The van der Waals surface area contributed by atoms with Gasteiger partial charge in [-0.05, 0) is 128 Å². The number of para-hydroxylation sites is 2. The Morgan fingerprint density at radius 3 is 2.27 bits per heavy atom. The maximum atomic E-state index is 5.20. The molecule has 0 N–H and O–H groups in total. The van der Waals surface area contributed by atoms with Gasteiger partial charge in [0.05, 0.1) is 34.0 Å². The van der Waals surface area contributed by atoms with E-state index in [0.29, 0.717) is 11.3 Å². The molecule has 4 unspecified atom stereocenters. The van der Waals surface area contributed by atoms with E-state index < -0.39 is 0 Å². The molecule has 3 aromatic heterocycles. The highest BCUT2D eigenvalue weighted by atomic mass is 15.1. The van der Waals surface area contributed by atoms with Gasteiger partial charge in [0.25, 0.3) is 0 Å². The third-order valence-corrected chi connectivity index (χ3v) is 13.0. The van der Waals surface area contributed by atoms with Gasteiger partial charge in [0, 0.05) is 21.5 Å². The highest BCUT2D eigenvalue weighted by Gasteiger charge is 2.43. The number of aromatic nitrogens is 3. The molecule has 0 saturated heterocycles. The minimum atomic E-state index is 0.339. The van der Waals surface area contributed by atoms with Crippen LogP contribution in [-0.4, -0.2) is 14.1 Å². The number of rotatable bonds is 10. The standard InChI is InChI=1S/C48H51N3/c1-4-12-33(5-2)18-19-35-20-23-45-41(28-35)39-14-7-9-16-43(39)50(45)38-22-25-47(49-32-38)51-44-17-10-8-15-40(44)42-29-37(21-24-46(42)51)48-26-11-13-36(31-48)27-34(6-3)30-48/h4,7-10,14-17,20-25,28-29,32-34,36H,1,5-6,11-13,18-19,26-27,30-31H2,2-3H3. The molecule has 258 valence electrons. The van der Waals surface area contributed by atoms with Gasteiger partial charge >= 0.3 is 0 Å². The zero-order valence-corrected chi connectivity index (χ0v) is 30.5. The van der Waals surface area contributed by atoms with Crippen molar-refractivity contribution in [2.75, 3.05) is 0 Å². The zero-order chi connectivity index (χ0) is 34.5. The Labute approximate surface area is 303 Å². The first-order valence-corrected chi connectivity index (χ1v) is 19.7. The van der Waals surface area contributed by atoms with Crippen molar-refractivity contribution in [3.63, 3.8) is 0 Å². The molecular weight excluding hydrogens is 619 g/mol. The van der Waals surface area contributed by atoms with Gasteiger partial charge in [-0.25, -0.2) is 4.98 Å². The van der Waals surface area contributed by atoms with Gasteiger partial charge in [-0.3, -0.25) is 4.57 Å². The molecule has 4 aromatic carbocycles. The minimum absolute atomic E-state index is 0.339. The van der Waals surface area contributed by atoms with Crippen LogP contribution in [-0.2, 0) is 11.8 Å². The number of hydrogen-bond acceptors (Lipinski definition) is 1. The first-order chi connectivity index (χ1) is 25.1. The average molecular weight is 670 g/mol. The van der Waals surface area contributed by atoms with E-state index in [2.05, 4.69) is 139 Å². The average Bonchev–Trinajstić information content (AvgIpc) is 3.68. The van der Waals surface area contributed by atoms with Crippen molar-refractivity contribution in [1.29, 1.82) is 0 Å². The second-order valence-electron chi connectivity index (χ2n) is 16.0. The second kappa shape index (κ2) is 13.2. The van der Waals surface area contributed by atoms with E-state index >= 15 is 0 Å². The molecule has 2 aliphatic rings. The Balaban J connectivity index is 1.10. The van der Waals surface area contributed by atoms with E-state index in [1.807, 2.05) is 0 Å². The van der Waals surface area contributed by atoms with Gasteiger partial charge in [0.15, 0.2) is 0 Å². The van der Waals surface area contributed by atoms with E-state index in [9.17, 15) is 0 Å². The largest absolute Gasteiger partial charge is 0.308 e. The van der Waals surface area contributed by atoms with E-state index in [-0.39, 0.29) is 0 Å². The SMILES string of the molecule is C=CCC(CC)CCc1ccc2c(c1)c1ccccc1n2-c1ccc(-n2c3ccccc3c3cc(C45CCCC(CC(CC)C4)C5)ccc32)nc1. The lowest BCUT2D eigenvalue weighted by Crippen LogP contribution is -2.40. The van der Waals surface area contributed by atoms with Gasteiger partial charge in [0.2, 0.25) is 0 Å². The van der Waals surface area contributed by atoms with Gasteiger partial charge in [-0.2, -0.15) is 0 Å². The maximum absolute atomic E-state index is 5.20. The molecule has 0 amide bonds. The predicted octanol–water partition coefficient (Wildman–Crippen LogP) is 13.1. The number of fused-ring (bicyclic) bond motifs is 8. The van der Waals surface area contributed by atoms with Crippen LogP contribution in [0, 0.1) is 17.8 Å². The Bertz CT molecular complexity index is 2370.